The van der Waals surface area contributed by atoms with E-state index in [1.165, 1.54) is 12.8 Å². The first-order valence-corrected chi connectivity index (χ1v) is 5.88. The molecule has 2 N–H and O–H groups in total. The van der Waals surface area contributed by atoms with Crippen LogP contribution in [0, 0.1) is 17.3 Å². The van der Waals surface area contributed by atoms with Gasteiger partial charge in [0.05, 0.1) is 12.2 Å². The zero-order valence-corrected chi connectivity index (χ0v) is 9.24. The van der Waals surface area contributed by atoms with E-state index in [-0.39, 0.29) is 23.5 Å². The fourth-order valence-electron chi connectivity index (χ4n) is 3.38. The summed E-state index contributed by atoms with van der Waals surface area (Å²) in [5.41, 5.74) is -0.00919. The predicted octanol–water partition coefficient (Wildman–Crippen LogP) is 1.94. The molecule has 4 unspecified atom stereocenters. The van der Waals surface area contributed by atoms with Crippen molar-refractivity contribution in [1.82, 2.24) is 0 Å². The molecular formula is C12H22O2. The number of aliphatic hydroxyl groups is 2. The van der Waals surface area contributed by atoms with Crippen LogP contribution in [0.1, 0.15) is 46.0 Å². The van der Waals surface area contributed by atoms with E-state index in [1.54, 1.807) is 0 Å². The lowest BCUT2D eigenvalue weighted by molar-refractivity contribution is -0.0454. The Morgan fingerprint density at radius 2 is 1.79 bits per heavy atom. The normalized spacial score (nSPS) is 47.1. The average Bonchev–Trinajstić information content (AvgIpc) is 2.40. The fourth-order valence-corrected chi connectivity index (χ4v) is 3.38. The Morgan fingerprint density at radius 3 is 2.50 bits per heavy atom. The molecule has 4 atom stereocenters. The summed E-state index contributed by atoms with van der Waals surface area (Å²) in [4.78, 5) is 0. The minimum Gasteiger partial charge on any atom is -0.393 e. The van der Waals surface area contributed by atoms with Crippen LogP contribution in [0.25, 0.3) is 0 Å². The van der Waals surface area contributed by atoms with Crippen LogP contribution in [0.2, 0.25) is 0 Å². The minimum atomic E-state index is -0.313. The van der Waals surface area contributed by atoms with E-state index in [2.05, 4.69) is 13.8 Å². The van der Waals surface area contributed by atoms with Gasteiger partial charge in [-0.2, -0.15) is 0 Å². The molecule has 0 bridgehead atoms. The molecule has 0 aromatic heterocycles. The van der Waals surface area contributed by atoms with E-state index in [1.807, 2.05) is 0 Å². The smallest absolute Gasteiger partial charge is 0.0646 e. The molecule has 2 rings (SSSR count). The van der Waals surface area contributed by atoms with E-state index in [4.69, 9.17) is 0 Å². The third kappa shape index (κ3) is 1.59. The first kappa shape index (κ1) is 10.4. The molecule has 0 aromatic carbocycles. The van der Waals surface area contributed by atoms with Gasteiger partial charge in [0.1, 0.15) is 0 Å². The first-order chi connectivity index (χ1) is 6.52. The molecule has 0 aromatic rings. The number of aliphatic hydroxyl groups excluding tert-OH is 2. The minimum absolute atomic E-state index is 0.00919. The van der Waals surface area contributed by atoms with E-state index >= 15 is 0 Å². The SMILES string of the molecule is CC1(C)CCCC2CCC(O)C2C1O. The number of rotatable bonds is 0. The molecule has 2 heteroatoms. The Hall–Kier alpha value is -0.0800. The summed E-state index contributed by atoms with van der Waals surface area (Å²) in [6.07, 6.45) is 4.93. The Kier molecular flexibility index (Phi) is 2.61. The van der Waals surface area contributed by atoms with Crippen LogP contribution in [0.5, 0.6) is 0 Å². The van der Waals surface area contributed by atoms with Gasteiger partial charge in [-0.05, 0) is 37.0 Å². The van der Waals surface area contributed by atoms with Gasteiger partial charge in [-0.25, -0.2) is 0 Å². The molecule has 0 heterocycles. The molecule has 0 radical (unpaired) electrons. The Labute approximate surface area is 86.3 Å². The highest BCUT2D eigenvalue weighted by atomic mass is 16.3. The highest BCUT2D eigenvalue weighted by Crippen LogP contribution is 2.47. The topological polar surface area (TPSA) is 40.5 Å². The highest BCUT2D eigenvalue weighted by Gasteiger charge is 2.46. The fraction of sp³-hybridized carbons (Fsp3) is 1.00. The summed E-state index contributed by atoms with van der Waals surface area (Å²) in [7, 11) is 0. The summed E-state index contributed by atoms with van der Waals surface area (Å²) in [6.45, 7) is 4.26. The van der Waals surface area contributed by atoms with Crippen molar-refractivity contribution >= 4 is 0 Å². The van der Waals surface area contributed by atoms with Gasteiger partial charge in [0.25, 0.3) is 0 Å². The van der Waals surface area contributed by atoms with Crippen LogP contribution in [0.3, 0.4) is 0 Å². The Bertz CT molecular complexity index is 212. The molecule has 2 aliphatic carbocycles. The second kappa shape index (κ2) is 3.49. The van der Waals surface area contributed by atoms with Gasteiger partial charge < -0.3 is 10.2 Å². The molecule has 2 saturated carbocycles. The van der Waals surface area contributed by atoms with Crippen molar-refractivity contribution in [3.63, 3.8) is 0 Å². The first-order valence-electron chi connectivity index (χ1n) is 5.88. The van der Waals surface area contributed by atoms with Crippen molar-refractivity contribution in [1.29, 1.82) is 0 Å². The molecule has 2 fully saturated rings. The molecule has 0 amide bonds. The van der Waals surface area contributed by atoms with Gasteiger partial charge in [0.15, 0.2) is 0 Å². The van der Waals surface area contributed by atoms with Crippen molar-refractivity contribution < 1.29 is 10.2 Å². The third-order valence-corrected chi connectivity index (χ3v) is 4.38. The lowest BCUT2D eigenvalue weighted by Gasteiger charge is -2.35. The van der Waals surface area contributed by atoms with Crippen molar-refractivity contribution in [2.45, 2.75) is 58.2 Å². The largest absolute Gasteiger partial charge is 0.393 e. The molecule has 82 valence electrons. The average molecular weight is 198 g/mol. The van der Waals surface area contributed by atoms with E-state index < -0.39 is 0 Å². The zero-order chi connectivity index (χ0) is 10.3. The standard InChI is InChI=1S/C12H22O2/c1-12(2)7-3-4-8-5-6-9(13)10(8)11(12)14/h8-11,13-14H,3-7H2,1-2H3. The van der Waals surface area contributed by atoms with Crippen molar-refractivity contribution in [2.24, 2.45) is 17.3 Å². The summed E-state index contributed by atoms with van der Waals surface area (Å²) in [5.74, 6) is 0.717. The van der Waals surface area contributed by atoms with Crippen LogP contribution in [-0.4, -0.2) is 22.4 Å². The maximum atomic E-state index is 10.3. The van der Waals surface area contributed by atoms with Gasteiger partial charge in [0, 0.05) is 5.92 Å². The monoisotopic (exact) mass is 198 g/mol. The van der Waals surface area contributed by atoms with Crippen LogP contribution in [0.15, 0.2) is 0 Å². The Balaban J connectivity index is 2.21. The summed E-state index contributed by atoms with van der Waals surface area (Å²) in [5, 5.41) is 20.2. The van der Waals surface area contributed by atoms with Gasteiger partial charge >= 0.3 is 0 Å². The van der Waals surface area contributed by atoms with Gasteiger partial charge in [0.2, 0.25) is 0 Å². The van der Waals surface area contributed by atoms with Crippen LogP contribution in [-0.2, 0) is 0 Å². The van der Waals surface area contributed by atoms with Crippen molar-refractivity contribution in [3.05, 3.63) is 0 Å². The summed E-state index contributed by atoms with van der Waals surface area (Å²) >= 11 is 0. The van der Waals surface area contributed by atoms with Crippen LogP contribution >= 0.6 is 0 Å². The molecule has 2 aliphatic rings. The second-order valence-electron chi connectivity index (χ2n) is 5.81. The predicted molar refractivity (Wildman–Crippen MR) is 55.9 cm³/mol. The van der Waals surface area contributed by atoms with E-state index in [0.717, 1.165) is 19.3 Å². The maximum absolute atomic E-state index is 10.3. The summed E-state index contributed by atoms with van der Waals surface area (Å²) in [6, 6.07) is 0. The van der Waals surface area contributed by atoms with E-state index in [9.17, 15) is 10.2 Å². The van der Waals surface area contributed by atoms with Gasteiger partial charge in [-0.15, -0.1) is 0 Å². The Morgan fingerprint density at radius 1 is 1.07 bits per heavy atom. The lowest BCUT2D eigenvalue weighted by Crippen LogP contribution is -2.40. The third-order valence-electron chi connectivity index (χ3n) is 4.38. The van der Waals surface area contributed by atoms with Crippen LogP contribution < -0.4 is 0 Å². The van der Waals surface area contributed by atoms with Gasteiger partial charge in [-0.1, -0.05) is 20.3 Å². The highest BCUT2D eigenvalue weighted by molar-refractivity contribution is 4.96. The lowest BCUT2D eigenvalue weighted by atomic mass is 9.76. The molecule has 0 saturated heterocycles. The number of hydrogen-bond donors (Lipinski definition) is 2. The molecular weight excluding hydrogens is 176 g/mol. The van der Waals surface area contributed by atoms with E-state index in [0.29, 0.717) is 5.92 Å². The van der Waals surface area contributed by atoms with Crippen LogP contribution in [0.4, 0.5) is 0 Å². The molecule has 14 heavy (non-hydrogen) atoms. The number of hydrogen-bond acceptors (Lipinski definition) is 2. The second-order valence-corrected chi connectivity index (χ2v) is 5.81. The zero-order valence-electron chi connectivity index (χ0n) is 9.24. The quantitative estimate of drug-likeness (QED) is 0.624. The number of fused-ring (bicyclic) bond motifs is 1. The molecule has 0 spiro atoms. The van der Waals surface area contributed by atoms with Crippen molar-refractivity contribution in [2.75, 3.05) is 0 Å². The van der Waals surface area contributed by atoms with Crippen molar-refractivity contribution in [3.8, 4) is 0 Å². The molecule has 2 nitrogen and oxygen atoms in total. The summed E-state index contributed by atoms with van der Waals surface area (Å²) < 4.78 is 0. The van der Waals surface area contributed by atoms with Gasteiger partial charge in [-0.3, -0.25) is 0 Å². The maximum Gasteiger partial charge on any atom is 0.0646 e. The molecule has 0 aliphatic heterocycles.